The Morgan fingerprint density at radius 2 is 2.08 bits per heavy atom. The van der Waals surface area contributed by atoms with Crippen molar-refractivity contribution in [2.24, 2.45) is 0 Å². The first-order chi connectivity index (χ1) is 12.2. The topological polar surface area (TPSA) is 94.8 Å². The molecule has 3 rings (SSSR count). The summed E-state index contributed by atoms with van der Waals surface area (Å²) in [5, 5.41) is 3.96. The van der Waals surface area contributed by atoms with Crippen LogP contribution in [-0.4, -0.2) is 53.7 Å². The first-order valence-electron chi connectivity index (χ1n) is 7.73. The van der Waals surface area contributed by atoms with Gasteiger partial charge in [-0.25, -0.2) is 4.79 Å². The van der Waals surface area contributed by atoms with Crippen molar-refractivity contribution in [2.45, 2.75) is 6.10 Å². The number of ether oxygens (including phenoxy) is 2. The minimum absolute atomic E-state index is 0.276. The van der Waals surface area contributed by atoms with Crippen molar-refractivity contribution in [3.05, 3.63) is 48.3 Å². The summed E-state index contributed by atoms with van der Waals surface area (Å²) in [6.45, 7) is 1.04. The molecule has 1 aliphatic rings. The summed E-state index contributed by atoms with van der Waals surface area (Å²) in [4.78, 5) is 29.1. The first-order valence-corrected chi connectivity index (χ1v) is 7.73. The highest BCUT2D eigenvalue weighted by Crippen LogP contribution is 2.23. The lowest BCUT2D eigenvalue weighted by Gasteiger charge is -2.30. The molecule has 2 aromatic rings. The van der Waals surface area contributed by atoms with Gasteiger partial charge in [0.15, 0.2) is 0 Å². The summed E-state index contributed by atoms with van der Waals surface area (Å²) in [5.41, 5.74) is 0.811. The van der Waals surface area contributed by atoms with Gasteiger partial charge in [-0.05, 0) is 12.1 Å². The molecule has 0 radical (unpaired) electrons. The zero-order valence-corrected chi connectivity index (χ0v) is 13.6. The maximum atomic E-state index is 12.1. The van der Waals surface area contributed by atoms with Crippen LogP contribution in [0.2, 0.25) is 0 Å². The molecule has 0 N–H and O–H groups in total. The number of carbonyl (C=O) groups excluding carboxylic acids is 2. The summed E-state index contributed by atoms with van der Waals surface area (Å²) < 4.78 is 15.4. The molecule has 1 unspecified atom stereocenters. The predicted octanol–water partition coefficient (Wildman–Crippen LogP) is 1.37. The van der Waals surface area contributed by atoms with Gasteiger partial charge in [-0.2, -0.15) is 4.98 Å². The zero-order chi connectivity index (χ0) is 17.6. The molecule has 8 heteroatoms. The number of carbonyl (C=O) groups is 2. The van der Waals surface area contributed by atoms with Crippen LogP contribution >= 0.6 is 0 Å². The summed E-state index contributed by atoms with van der Waals surface area (Å²) in [6, 6.07) is 9.39. The second kappa shape index (κ2) is 7.71. The smallest absolute Gasteiger partial charge is 0.330 e. The highest BCUT2D eigenvalue weighted by Gasteiger charge is 2.28. The van der Waals surface area contributed by atoms with Gasteiger partial charge in [-0.15, -0.1) is 0 Å². The number of hydrogen-bond donors (Lipinski definition) is 0. The van der Waals surface area contributed by atoms with E-state index >= 15 is 0 Å². The molecule has 130 valence electrons. The molecular weight excluding hydrogens is 326 g/mol. The predicted molar refractivity (Wildman–Crippen MR) is 86.2 cm³/mol. The molecule has 0 spiro atoms. The fraction of sp³-hybridized carbons (Fsp3) is 0.294. The molecule has 2 heterocycles. The van der Waals surface area contributed by atoms with Gasteiger partial charge in [0.1, 0.15) is 6.10 Å². The van der Waals surface area contributed by atoms with Gasteiger partial charge < -0.3 is 18.9 Å². The van der Waals surface area contributed by atoms with Crippen LogP contribution in [0, 0.1) is 0 Å². The van der Waals surface area contributed by atoms with E-state index < -0.39 is 12.1 Å². The number of aromatic nitrogens is 2. The largest absolute Gasteiger partial charge is 0.466 e. The van der Waals surface area contributed by atoms with E-state index in [1.54, 1.807) is 4.90 Å². The van der Waals surface area contributed by atoms with Crippen molar-refractivity contribution >= 4 is 11.9 Å². The maximum absolute atomic E-state index is 12.1. The molecule has 1 fully saturated rings. The van der Waals surface area contributed by atoms with Crippen LogP contribution < -0.4 is 0 Å². The Morgan fingerprint density at radius 1 is 1.28 bits per heavy atom. The van der Waals surface area contributed by atoms with Crippen molar-refractivity contribution in [3.8, 4) is 11.5 Å². The molecule has 0 saturated carbocycles. The summed E-state index contributed by atoms with van der Waals surface area (Å²) in [7, 11) is 1.25. The van der Waals surface area contributed by atoms with Crippen molar-refractivity contribution in [1.82, 2.24) is 15.0 Å². The van der Waals surface area contributed by atoms with Crippen LogP contribution in [0.25, 0.3) is 11.5 Å². The number of hydrogen-bond acceptors (Lipinski definition) is 7. The molecule has 0 aliphatic carbocycles. The summed E-state index contributed by atoms with van der Waals surface area (Å²) in [5.74, 6) is -0.101. The van der Waals surface area contributed by atoms with E-state index in [9.17, 15) is 9.59 Å². The van der Waals surface area contributed by atoms with Gasteiger partial charge in [0.2, 0.25) is 11.7 Å². The maximum Gasteiger partial charge on any atom is 0.330 e. The molecule has 0 bridgehead atoms. The molecule has 1 aromatic carbocycles. The lowest BCUT2D eigenvalue weighted by Crippen LogP contribution is -2.41. The average Bonchev–Trinajstić information content (AvgIpc) is 3.17. The van der Waals surface area contributed by atoms with Gasteiger partial charge in [0.25, 0.3) is 5.89 Å². The Balaban J connectivity index is 1.67. The fourth-order valence-electron chi connectivity index (χ4n) is 2.38. The van der Waals surface area contributed by atoms with Crippen LogP contribution in [0.5, 0.6) is 0 Å². The van der Waals surface area contributed by atoms with Crippen LogP contribution in [0.3, 0.4) is 0 Å². The third-order valence-corrected chi connectivity index (χ3v) is 3.69. The highest BCUT2D eigenvalue weighted by atomic mass is 16.5. The van der Waals surface area contributed by atoms with Gasteiger partial charge in [0.05, 0.1) is 20.3 Å². The molecule has 1 amide bonds. The number of methoxy groups -OCH3 is 1. The number of nitrogens with zero attached hydrogens (tertiary/aromatic N) is 3. The third kappa shape index (κ3) is 4.10. The summed E-state index contributed by atoms with van der Waals surface area (Å²) in [6.07, 6.45) is 1.79. The third-order valence-electron chi connectivity index (χ3n) is 3.69. The molecule has 8 nitrogen and oxygen atoms in total. The van der Waals surface area contributed by atoms with E-state index in [1.165, 1.54) is 13.2 Å². The molecule has 1 aliphatic heterocycles. The van der Waals surface area contributed by atoms with Gasteiger partial charge in [-0.3, -0.25) is 4.79 Å². The summed E-state index contributed by atoms with van der Waals surface area (Å²) >= 11 is 0. The molecule has 1 saturated heterocycles. The molecule has 1 atom stereocenters. The van der Waals surface area contributed by atoms with E-state index in [1.807, 2.05) is 30.3 Å². The second-order valence-corrected chi connectivity index (χ2v) is 5.32. The minimum Gasteiger partial charge on any atom is -0.466 e. The Morgan fingerprint density at radius 3 is 2.84 bits per heavy atom. The first kappa shape index (κ1) is 16.8. The highest BCUT2D eigenvalue weighted by molar-refractivity contribution is 5.94. The number of rotatable bonds is 4. The number of esters is 1. The van der Waals surface area contributed by atoms with Crippen LogP contribution in [0.1, 0.15) is 11.9 Å². The quantitative estimate of drug-likeness (QED) is 0.611. The minimum atomic E-state index is -0.580. The zero-order valence-electron chi connectivity index (χ0n) is 13.6. The molecule has 1 aromatic heterocycles. The van der Waals surface area contributed by atoms with E-state index in [2.05, 4.69) is 14.9 Å². The second-order valence-electron chi connectivity index (χ2n) is 5.32. The van der Waals surface area contributed by atoms with E-state index in [0.717, 1.165) is 11.6 Å². The lowest BCUT2D eigenvalue weighted by atomic mass is 10.2. The standard InChI is InChI=1S/C17H17N3O5/c1-23-15(22)8-7-14(21)20-9-10-24-13(11-20)16-18-17(25-19-16)12-5-3-2-4-6-12/h2-8,13H,9-11H2,1H3/b8-7+. The van der Waals surface area contributed by atoms with Crippen molar-refractivity contribution in [3.63, 3.8) is 0 Å². The monoisotopic (exact) mass is 343 g/mol. The van der Waals surface area contributed by atoms with Crippen molar-refractivity contribution in [1.29, 1.82) is 0 Å². The fourth-order valence-corrected chi connectivity index (χ4v) is 2.38. The Bertz CT molecular complexity index is 772. The molecule has 25 heavy (non-hydrogen) atoms. The van der Waals surface area contributed by atoms with Crippen LogP contribution in [0.4, 0.5) is 0 Å². The number of morpholine rings is 1. The van der Waals surface area contributed by atoms with Crippen molar-refractivity contribution < 1.29 is 23.6 Å². The lowest BCUT2D eigenvalue weighted by molar-refractivity contribution is -0.137. The van der Waals surface area contributed by atoms with Crippen LogP contribution in [-0.2, 0) is 19.1 Å². The van der Waals surface area contributed by atoms with E-state index in [4.69, 9.17) is 9.26 Å². The number of benzene rings is 1. The normalized spacial score (nSPS) is 17.6. The van der Waals surface area contributed by atoms with Gasteiger partial charge in [-0.1, -0.05) is 23.4 Å². The Kier molecular flexibility index (Phi) is 5.20. The number of amides is 1. The Labute approximate surface area is 144 Å². The Hall–Kier alpha value is -3.00. The van der Waals surface area contributed by atoms with Crippen molar-refractivity contribution in [2.75, 3.05) is 26.8 Å². The molecular formula is C17H17N3O5. The van der Waals surface area contributed by atoms with Crippen LogP contribution in [0.15, 0.2) is 47.0 Å². The van der Waals surface area contributed by atoms with E-state index in [0.29, 0.717) is 24.9 Å². The van der Waals surface area contributed by atoms with E-state index in [-0.39, 0.29) is 12.5 Å². The van der Waals surface area contributed by atoms with Gasteiger partial charge >= 0.3 is 5.97 Å². The van der Waals surface area contributed by atoms with Gasteiger partial charge in [0, 0.05) is 24.3 Å². The average molecular weight is 343 g/mol. The SMILES string of the molecule is COC(=O)/C=C/C(=O)N1CCOC(c2noc(-c3ccccc3)n2)C1.